The first-order valence-corrected chi connectivity index (χ1v) is 7.77. The molecule has 116 valence electrons. The lowest BCUT2D eigenvalue weighted by Gasteiger charge is -2.20. The molecule has 6 heteroatoms. The van der Waals surface area contributed by atoms with Crippen LogP contribution in [-0.4, -0.2) is 65.3 Å². The molecule has 2 aliphatic heterocycles. The van der Waals surface area contributed by atoms with Gasteiger partial charge < -0.3 is 9.64 Å². The second-order valence-corrected chi connectivity index (χ2v) is 6.10. The van der Waals surface area contributed by atoms with Crippen molar-refractivity contribution in [3.63, 3.8) is 0 Å². The number of rotatable bonds is 5. The average Bonchev–Trinajstić information content (AvgIpc) is 3.19. The molecule has 21 heavy (non-hydrogen) atoms. The van der Waals surface area contributed by atoms with Gasteiger partial charge in [0.05, 0.1) is 6.10 Å². The molecule has 2 atom stereocenters. The van der Waals surface area contributed by atoms with Gasteiger partial charge in [-0.05, 0) is 18.9 Å². The van der Waals surface area contributed by atoms with Gasteiger partial charge in [0.25, 0.3) is 0 Å². The van der Waals surface area contributed by atoms with E-state index in [2.05, 4.69) is 15.1 Å². The van der Waals surface area contributed by atoms with E-state index in [9.17, 15) is 4.79 Å². The van der Waals surface area contributed by atoms with Gasteiger partial charge in [-0.2, -0.15) is 5.10 Å². The summed E-state index contributed by atoms with van der Waals surface area (Å²) in [4.78, 5) is 16.7. The van der Waals surface area contributed by atoms with Crippen molar-refractivity contribution in [3.8, 4) is 0 Å². The van der Waals surface area contributed by atoms with Crippen molar-refractivity contribution in [2.45, 2.75) is 31.9 Å². The summed E-state index contributed by atoms with van der Waals surface area (Å²) in [7, 11) is 1.75. The molecular formula is C15H24N4O2. The van der Waals surface area contributed by atoms with Crippen molar-refractivity contribution in [1.29, 1.82) is 0 Å². The van der Waals surface area contributed by atoms with Crippen molar-refractivity contribution in [2.24, 2.45) is 5.92 Å². The molecule has 0 aromatic carbocycles. The van der Waals surface area contributed by atoms with Gasteiger partial charge in [0, 0.05) is 64.1 Å². The number of aromatic amines is 1. The van der Waals surface area contributed by atoms with E-state index in [0.29, 0.717) is 18.2 Å². The normalized spacial score (nSPS) is 26.6. The highest BCUT2D eigenvalue weighted by molar-refractivity contribution is 5.76. The van der Waals surface area contributed by atoms with Crippen LogP contribution in [0.4, 0.5) is 0 Å². The Morgan fingerprint density at radius 3 is 2.90 bits per heavy atom. The van der Waals surface area contributed by atoms with Crippen LogP contribution in [0.15, 0.2) is 12.3 Å². The highest BCUT2D eigenvalue weighted by atomic mass is 16.5. The fourth-order valence-corrected chi connectivity index (χ4v) is 3.45. The molecule has 2 saturated heterocycles. The monoisotopic (exact) mass is 292 g/mol. The van der Waals surface area contributed by atoms with Crippen LogP contribution >= 0.6 is 0 Å². The Morgan fingerprint density at radius 2 is 2.24 bits per heavy atom. The van der Waals surface area contributed by atoms with E-state index in [0.717, 1.165) is 51.3 Å². The molecular weight excluding hydrogens is 268 g/mol. The minimum atomic E-state index is 0.152. The number of likely N-dealkylation sites (tertiary alicyclic amines) is 2. The third kappa shape index (κ3) is 3.44. The fourth-order valence-electron chi connectivity index (χ4n) is 3.45. The quantitative estimate of drug-likeness (QED) is 0.875. The number of carbonyl (C=O) groups is 1. The fraction of sp³-hybridized carbons (Fsp3) is 0.733. The Labute approximate surface area is 125 Å². The molecule has 2 aliphatic rings. The van der Waals surface area contributed by atoms with Gasteiger partial charge in [0.2, 0.25) is 5.91 Å². The van der Waals surface area contributed by atoms with E-state index in [4.69, 9.17) is 4.74 Å². The highest BCUT2D eigenvalue weighted by Gasteiger charge is 2.35. The van der Waals surface area contributed by atoms with Gasteiger partial charge in [-0.1, -0.05) is 0 Å². The molecule has 1 amide bonds. The maximum absolute atomic E-state index is 12.3. The number of carbonyl (C=O) groups excluding carboxylic acids is 1. The summed E-state index contributed by atoms with van der Waals surface area (Å²) in [5, 5.41) is 6.97. The molecule has 2 fully saturated rings. The second-order valence-electron chi connectivity index (χ2n) is 6.10. The number of ether oxygens (including phenoxy) is 1. The Hall–Kier alpha value is -1.40. The number of aromatic nitrogens is 2. The lowest BCUT2D eigenvalue weighted by atomic mass is 10.0. The number of H-pyrrole nitrogens is 1. The predicted molar refractivity (Wildman–Crippen MR) is 78.6 cm³/mol. The van der Waals surface area contributed by atoms with E-state index in [1.807, 2.05) is 11.0 Å². The van der Waals surface area contributed by atoms with E-state index in [-0.39, 0.29) is 6.10 Å². The van der Waals surface area contributed by atoms with E-state index in [1.54, 1.807) is 13.3 Å². The molecule has 1 aromatic rings. The van der Waals surface area contributed by atoms with Crippen molar-refractivity contribution in [2.75, 3.05) is 33.3 Å². The zero-order valence-electron chi connectivity index (χ0n) is 12.6. The molecule has 3 heterocycles. The number of hydrogen-bond donors (Lipinski definition) is 1. The van der Waals surface area contributed by atoms with Gasteiger partial charge in [-0.3, -0.25) is 14.8 Å². The molecule has 1 aromatic heterocycles. The standard InChI is InChI=1S/C15H24N4O2/c1-21-14-11-18(10-13-4-5-16-17-13)9-12(14)8-15(20)19-6-2-3-7-19/h4-5,12,14H,2-3,6-11H2,1H3,(H,16,17)/t12-,14-/m0/s1. The molecule has 0 aliphatic carbocycles. The van der Waals surface area contributed by atoms with Crippen molar-refractivity contribution in [1.82, 2.24) is 20.0 Å². The Balaban J connectivity index is 1.55. The molecule has 0 spiro atoms. The summed E-state index contributed by atoms with van der Waals surface area (Å²) >= 11 is 0. The lowest BCUT2D eigenvalue weighted by molar-refractivity contribution is -0.131. The molecule has 0 radical (unpaired) electrons. The van der Waals surface area contributed by atoms with Gasteiger partial charge in [0.15, 0.2) is 0 Å². The van der Waals surface area contributed by atoms with Crippen LogP contribution in [0.25, 0.3) is 0 Å². The molecule has 3 rings (SSSR count). The van der Waals surface area contributed by atoms with Gasteiger partial charge in [-0.25, -0.2) is 0 Å². The Bertz CT molecular complexity index is 456. The number of nitrogens with one attached hydrogen (secondary N) is 1. The summed E-state index contributed by atoms with van der Waals surface area (Å²) in [5.41, 5.74) is 1.11. The van der Waals surface area contributed by atoms with Crippen LogP contribution in [0, 0.1) is 5.92 Å². The number of hydrogen-bond acceptors (Lipinski definition) is 4. The predicted octanol–water partition coefficient (Wildman–Crippen LogP) is 0.869. The lowest BCUT2D eigenvalue weighted by Crippen LogP contribution is -2.32. The number of methoxy groups -OCH3 is 1. The van der Waals surface area contributed by atoms with Crippen molar-refractivity contribution < 1.29 is 9.53 Å². The first-order chi connectivity index (χ1) is 10.3. The highest BCUT2D eigenvalue weighted by Crippen LogP contribution is 2.25. The van der Waals surface area contributed by atoms with Crippen LogP contribution in [0.3, 0.4) is 0 Å². The number of nitrogens with zero attached hydrogens (tertiary/aromatic N) is 3. The molecule has 6 nitrogen and oxygen atoms in total. The minimum Gasteiger partial charge on any atom is -0.380 e. The SMILES string of the molecule is CO[C@H]1CN(Cc2ccn[nH]2)C[C@@H]1CC(=O)N1CCCC1. The van der Waals surface area contributed by atoms with Crippen molar-refractivity contribution in [3.05, 3.63) is 18.0 Å². The zero-order chi connectivity index (χ0) is 14.7. The third-order valence-electron chi connectivity index (χ3n) is 4.61. The maximum atomic E-state index is 12.3. The summed E-state index contributed by atoms with van der Waals surface area (Å²) in [6.45, 7) is 4.50. The maximum Gasteiger partial charge on any atom is 0.222 e. The number of amides is 1. The smallest absolute Gasteiger partial charge is 0.222 e. The second kappa shape index (κ2) is 6.58. The van der Waals surface area contributed by atoms with Crippen LogP contribution in [-0.2, 0) is 16.1 Å². The molecule has 1 N–H and O–H groups in total. The molecule has 0 bridgehead atoms. The van der Waals surface area contributed by atoms with Crippen LogP contribution in [0.5, 0.6) is 0 Å². The van der Waals surface area contributed by atoms with Gasteiger partial charge in [-0.15, -0.1) is 0 Å². The summed E-state index contributed by atoms with van der Waals surface area (Å²) < 4.78 is 5.60. The summed E-state index contributed by atoms with van der Waals surface area (Å²) in [5.74, 6) is 0.592. The van der Waals surface area contributed by atoms with Gasteiger partial charge >= 0.3 is 0 Å². The average molecular weight is 292 g/mol. The van der Waals surface area contributed by atoms with Crippen LogP contribution < -0.4 is 0 Å². The summed E-state index contributed by atoms with van der Waals surface area (Å²) in [6, 6.07) is 1.99. The van der Waals surface area contributed by atoms with Crippen LogP contribution in [0.2, 0.25) is 0 Å². The Kier molecular flexibility index (Phi) is 4.55. The van der Waals surface area contributed by atoms with E-state index < -0.39 is 0 Å². The van der Waals surface area contributed by atoms with Crippen LogP contribution in [0.1, 0.15) is 25.0 Å². The topological polar surface area (TPSA) is 61.5 Å². The third-order valence-corrected chi connectivity index (χ3v) is 4.61. The first kappa shape index (κ1) is 14.5. The largest absolute Gasteiger partial charge is 0.380 e. The van der Waals surface area contributed by atoms with Crippen molar-refractivity contribution >= 4 is 5.91 Å². The van der Waals surface area contributed by atoms with E-state index in [1.165, 1.54) is 0 Å². The van der Waals surface area contributed by atoms with Gasteiger partial charge in [0.1, 0.15) is 0 Å². The Morgan fingerprint density at radius 1 is 1.43 bits per heavy atom. The summed E-state index contributed by atoms with van der Waals surface area (Å²) in [6.07, 6.45) is 4.83. The van der Waals surface area contributed by atoms with E-state index >= 15 is 0 Å². The molecule has 0 unspecified atom stereocenters. The molecule has 0 saturated carbocycles. The minimum absolute atomic E-state index is 0.152. The zero-order valence-corrected chi connectivity index (χ0v) is 12.6. The first-order valence-electron chi connectivity index (χ1n) is 7.77.